The number of nitrogens with zero attached hydrogens (tertiary/aromatic N) is 5. The number of aryl methyl sites for hydroxylation is 1. The highest BCUT2D eigenvalue weighted by molar-refractivity contribution is 5.84. The first kappa shape index (κ1) is 15.3. The summed E-state index contributed by atoms with van der Waals surface area (Å²) in [7, 11) is 0. The molecule has 0 unspecified atom stereocenters. The Morgan fingerprint density at radius 2 is 2.16 bits per heavy atom. The van der Waals surface area contributed by atoms with Crippen LogP contribution in [0.1, 0.15) is 17.8 Å². The maximum absolute atomic E-state index is 12.6. The van der Waals surface area contributed by atoms with Crippen molar-refractivity contribution in [3.8, 4) is 0 Å². The van der Waals surface area contributed by atoms with Gasteiger partial charge in [-0.05, 0) is 12.1 Å². The van der Waals surface area contributed by atoms with E-state index in [0.717, 1.165) is 16.7 Å². The molecule has 2 aromatic heterocycles. The summed E-state index contributed by atoms with van der Waals surface area (Å²) in [6.45, 7) is 0.571. The number of fused-ring (bicyclic) bond motifs is 2. The number of hydrogen-bond acceptors (Lipinski definition) is 5. The topological polar surface area (TPSA) is 117 Å². The Labute approximate surface area is 142 Å². The van der Waals surface area contributed by atoms with Gasteiger partial charge in [-0.25, -0.2) is 14.5 Å². The van der Waals surface area contributed by atoms with Crippen molar-refractivity contribution < 1.29 is 14.7 Å². The average Bonchev–Trinajstić information content (AvgIpc) is 3.24. The molecular weight excluding hydrogens is 324 g/mol. The summed E-state index contributed by atoms with van der Waals surface area (Å²) in [6.07, 6.45) is 1.89. The lowest BCUT2D eigenvalue weighted by molar-refractivity contribution is -0.151. The molecule has 2 N–H and O–H groups in total. The first-order valence-electron chi connectivity index (χ1n) is 7.95. The number of amides is 1. The quantitative estimate of drug-likeness (QED) is 0.717. The third-order valence-corrected chi connectivity index (χ3v) is 4.46. The van der Waals surface area contributed by atoms with Crippen molar-refractivity contribution in [2.75, 3.05) is 0 Å². The molecule has 1 aliphatic rings. The van der Waals surface area contributed by atoms with Crippen molar-refractivity contribution in [3.63, 3.8) is 0 Å². The van der Waals surface area contributed by atoms with Crippen LogP contribution in [0.15, 0.2) is 30.6 Å². The molecular formula is C16H16N6O3. The van der Waals surface area contributed by atoms with Crippen LogP contribution in [0.4, 0.5) is 0 Å². The highest BCUT2D eigenvalue weighted by atomic mass is 16.4. The second-order valence-electron chi connectivity index (χ2n) is 5.96. The first-order valence-corrected chi connectivity index (χ1v) is 7.95. The SMILES string of the molecule is O=C(O)[C@H]1Cc2nc[nH]c2CN1C(=O)CCn1nnc2ccccc21. The maximum Gasteiger partial charge on any atom is 0.326 e. The molecule has 0 spiro atoms. The van der Waals surface area contributed by atoms with E-state index in [1.165, 1.54) is 11.2 Å². The normalized spacial score (nSPS) is 16.8. The number of imidazole rings is 1. The van der Waals surface area contributed by atoms with Gasteiger partial charge in [0.25, 0.3) is 0 Å². The van der Waals surface area contributed by atoms with E-state index in [0.29, 0.717) is 12.2 Å². The standard InChI is InChI=1S/C16H16N6O3/c23-15(5-6-22-13-4-2-1-3-10(13)19-20-22)21-8-12-11(17-9-18-12)7-14(21)16(24)25/h1-4,9,14H,5-8H2,(H,17,18)(H,24,25)/t14-/m1/s1. The Balaban J connectivity index is 1.51. The molecule has 0 radical (unpaired) electrons. The summed E-state index contributed by atoms with van der Waals surface area (Å²) >= 11 is 0. The molecule has 9 nitrogen and oxygen atoms in total. The van der Waals surface area contributed by atoms with Crippen molar-refractivity contribution in [3.05, 3.63) is 42.0 Å². The third-order valence-electron chi connectivity index (χ3n) is 4.46. The summed E-state index contributed by atoms with van der Waals surface area (Å²) in [5, 5.41) is 17.6. The number of H-pyrrole nitrogens is 1. The second-order valence-corrected chi connectivity index (χ2v) is 5.96. The van der Waals surface area contributed by atoms with Gasteiger partial charge >= 0.3 is 5.97 Å². The van der Waals surface area contributed by atoms with E-state index in [4.69, 9.17) is 0 Å². The Kier molecular flexibility index (Phi) is 3.68. The number of nitrogens with one attached hydrogen (secondary N) is 1. The lowest BCUT2D eigenvalue weighted by Gasteiger charge is -2.32. The van der Waals surface area contributed by atoms with Gasteiger partial charge in [0.05, 0.1) is 36.3 Å². The molecule has 0 aliphatic carbocycles. The molecule has 9 heteroatoms. The zero-order valence-electron chi connectivity index (χ0n) is 13.3. The van der Waals surface area contributed by atoms with E-state index < -0.39 is 12.0 Å². The summed E-state index contributed by atoms with van der Waals surface area (Å²) < 4.78 is 1.66. The minimum atomic E-state index is -1.02. The fraction of sp³-hybridized carbons (Fsp3) is 0.312. The van der Waals surface area contributed by atoms with E-state index in [9.17, 15) is 14.7 Å². The second kappa shape index (κ2) is 6.00. The van der Waals surface area contributed by atoms with Crippen LogP contribution >= 0.6 is 0 Å². The van der Waals surface area contributed by atoms with Crippen molar-refractivity contribution in [1.82, 2.24) is 29.9 Å². The highest BCUT2D eigenvalue weighted by Crippen LogP contribution is 2.22. The van der Waals surface area contributed by atoms with Gasteiger partial charge in [-0.15, -0.1) is 5.10 Å². The van der Waals surface area contributed by atoms with Gasteiger partial charge < -0.3 is 15.0 Å². The van der Waals surface area contributed by atoms with E-state index in [-0.39, 0.29) is 25.3 Å². The number of carboxylic acid groups (broad SMARTS) is 1. The van der Waals surface area contributed by atoms with E-state index in [2.05, 4.69) is 20.3 Å². The van der Waals surface area contributed by atoms with E-state index in [1.807, 2.05) is 24.3 Å². The number of aliphatic carboxylic acids is 1. The number of carboxylic acids is 1. The first-order chi connectivity index (χ1) is 12.1. The smallest absolute Gasteiger partial charge is 0.326 e. The molecule has 3 aromatic rings. The predicted octanol–water partition coefficient (Wildman–Crippen LogP) is 0.583. The lowest BCUT2D eigenvalue weighted by Crippen LogP contribution is -2.48. The zero-order chi connectivity index (χ0) is 17.4. The van der Waals surface area contributed by atoms with Gasteiger partial charge in [0.2, 0.25) is 5.91 Å². The van der Waals surface area contributed by atoms with Crippen LogP contribution in [0.25, 0.3) is 11.0 Å². The van der Waals surface area contributed by atoms with Gasteiger partial charge in [0.1, 0.15) is 11.6 Å². The van der Waals surface area contributed by atoms with Gasteiger partial charge in [-0.1, -0.05) is 17.3 Å². The molecule has 1 amide bonds. The number of aromatic nitrogens is 5. The molecule has 25 heavy (non-hydrogen) atoms. The fourth-order valence-electron chi connectivity index (χ4n) is 3.15. The monoisotopic (exact) mass is 340 g/mol. The molecule has 4 rings (SSSR count). The Morgan fingerprint density at radius 1 is 1.32 bits per heavy atom. The Hall–Kier alpha value is -3.23. The van der Waals surface area contributed by atoms with Crippen molar-refractivity contribution in [2.45, 2.75) is 32.0 Å². The molecule has 0 saturated heterocycles. The van der Waals surface area contributed by atoms with Gasteiger partial charge in [-0.2, -0.15) is 0 Å². The number of carbonyl (C=O) groups excluding carboxylic acids is 1. The van der Waals surface area contributed by atoms with Crippen LogP contribution in [0.3, 0.4) is 0 Å². The van der Waals surface area contributed by atoms with Crippen molar-refractivity contribution in [1.29, 1.82) is 0 Å². The predicted molar refractivity (Wildman–Crippen MR) is 86.4 cm³/mol. The molecule has 1 aromatic carbocycles. The molecule has 128 valence electrons. The van der Waals surface area contributed by atoms with Crippen LogP contribution in [-0.4, -0.2) is 52.9 Å². The molecule has 0 fully saturated rings. The number of para-hydroxylation sites is 1. The van der Waals surface area contributed by atoms with Gasteiger partial charge in [0.15, 0.2) is 0 Å². The van der Waals surface area contributed by atoms with Crippen LogP contribution < -0.4 is 0 Å². The number of rotatable bonds is 4. The number of carbonyl (C=O) groups is 2. The molecule has 1 aliphatic heterocycles. The average molecular weight is 340 g/mol. The minimum Gasteiger partial charge on any atom is -0.480 e. The lowest BCUT2D eigenvalue weighted by atomic mass is 10.0. The minimum absolute atomic E-state index is 0.153. The maximum atomic E-state index is 12.6. The van der Waals surface area contributed by atoms with Crippen LogP contribution in [0.2, 0.25) is 0 Å². The summed E-state index contributed by atoms with van der Waals surface area (Å²) in [5.41, 5.74) is 3.11. The largest absolute Gasteiger partial charge is 0.480 e. The highest BCUT2D eigenvalue weighted by Gasteiger charge is 2.35. The molecule has 1 atom stereocenters. The summed E-state index contributed by atoms with van der Waals surface area (Å²) in [4.78, 5) is 32.7. The zero-order valence-corrected chi connectivity index (χ0v) is 13.3. The van der Waals surface area contributed by atoms with Gasteiger partial charge in [-0.3, -0.25) is 4.79 Å². The van der Waals surface area contributed by atoms with Crippen molar-refractivity contribution in [2.24, 2.45) is 0 Å². The summed E-state index contributed by atoms with van der Waals surface area (Å²) in [5.74, 6) is -1.25. The van der Waals surface area contributed by atoms with Crippen LogP contribution in [-0.2, 0) is 29.1 Å². The Morgan fingerprint density at radius 3 is 3.00 bits per heavy atom. The third kappa shape index (κ3) is 2.73. The fourth-order valence-corrected chi connectivity index (χ4v) is 3.15. The van der Waals surface area contributed by atoms with Crippen molar-refractivity contribution >= 4 is 22.9 Å². The van der Waals surface area contributed by atoms with Crippen LogP contribution in [0.5, 0.6) is 0 Å². The van der Waals surface area contributed by atoms with E-state index >= 15 is 0 Å². The number of benzene rings is 1. The summed E-state index contributed by atoms with van der Waals surface area (Å²) in [6, 6.07) is 6.60. The molecule has 3 heterocycles. The number of aromatic amines is 1. The number of hydrogen-bond donors (Lipinski definition) is 2. The van der Waals surface area contributed by atoms with Gasteiger partial charge in [0, 0.05) is 12.8 Å². The molecule has 0 bridgehead atoms. The van der Waals surface area contributed by atoms with Crippen LogP contribution in [0, 0.1) is 0 Å². The Bertz CT molecular complexity index is 946. The van der Waals surface area contributed by atoms with E-state index in [1.54, 1.807) is 4.68 Å². The molecule has 0 saturated carbocycles.